The maximum Gasteiger partial charge on any atom is 0.138 e. The highest BCUT2D eigenvalue weighted by atomic mass is 35.5. The lowest BCUT2D eigenvalue weighted by molar-refractivity contribution is 1.23. The minimum Gasteiger partial charge on any atom is -0.244 e. The highest BCUT2D eigenvalue weighted by molar-refractivity contribution is 6.31. The van der Waals surface area contributed by atoms with Gasteiger partial charge in [-0.15, -0.1) is 11.6 Å². The largest absolute Gasteiger partial charge is 0.244 e. The van der Waals surface area contributed by atoms with E-state index in [0.29, 0.717) is 11.6 Å². The fraction of sp³-hybridized carbons (Fsp3) is 0.167. The second kappa shape index (κ2) is 4.16. The first-order valence-electron chi connectivity index (χ1n) is 3.03. The SMILES string of the molecule is [N-]=[N+]=Nc1cc(CCl)cnc1Cl. The predicted molar refractivity (Wildman–Crippen MR) is 47.6 cm³/mol. The van der Waals surface area contributed by atoms with E-state index in [1.54, 1.807) is 6.07 Å². The maximum absolute atomic E-state index is 8.15. The average Bonchev–Trinajstić information content (AvgIpc) is 2.09. The summed E-state index contributed by atoms with van der Waals surface area (Å²) in [4.78, 5) is 6.38. The number of alkyl halides is 1. The third-order valence-electron chi connectivity index (χ3n) is 1.18. The van der Waals surface area contributed by atoms with Crippen LogP contribution in [-0.4, -0.2) is 4.98 Å². The molecule has 1 aromatic heterocycles. The Balaban J connectivity index is 3.16. The summed E-state index contributed by atoms with van der Waals surface area (Å²) in [5, 5.41) is 3.52. The van der Waals surface area contributed by atoms with E-state index in [-0.39, 0.29) is 5.15 Å². The van der Waals surface area contributed by atoms with Crippen LogP contribution in [0.15, 0.2) is 17.4 Å². The Kier molecular flexibility index (Phi) is 3.17. The molecule has 62 valence electrons. The first kappa shape index (κ1) is 9.13. The van der Waals surface area contributed by atoms with Gasteiger partial charge in [-0.3, -0.25) is 0 Å². The Hall–Kier alpha value is -0.960. The molecule has 0 fully saturated rings. The zero-order valence-corrected chi connectivity index (χ0v) is 7.42. The van der Waals surface area contributed by atoms with Crippen LogP contribution >= 0.6 is 23.2 Å². The van der Waals surface area contributed by atoms with Gasteiger partial charge in [-0.1, -0.05) is 16.7 Å². The van der Waals surface area contributed by atoms with Crippen LogP contribution < -0.4 is 0 Å². The van der Waals surface area contributed by atoms with Crippen LogP contribution in [0, 0.1) is 0 Å². The van der Waals surface area contributed by atoms with Crippen LogP contribution in [0.3, 0.4) is 0 Å². The van der Waals surface area contributed by atoms with Gasteiger partial charge in [0.1, 0.15) is 5.15 Å². The number of hydrogen-bond donors (Lipinski definition) is 0. The molecule has 1 rings (SSSR count). The highest BCUT2D eigenvalue weighted by Crippen LogP contribution is 2.23. The van der Waals surface area contributed by atoms with Crippen molar-refractivity contribution in [2.45, 2.75) is 5.88 Å². The summed E-state index contributed by atoms with van der Waals surface area (Å²) in [6.45, 7) is 0. The molecule has 6 heteroatoms. The van der Waals surface area contributed by atoms with Crippen molar-refractivity contribution in [3.63, 3.8) is 0 Å². The van der Waals surface area contributed by atoms with Crippen molar-refractivity contribution in [2.75, 3.05) is 0 Å². The van der Waals surface area contributed by atoms with Crippen molar-refractivity contribution in [1.29, 1.82) is 0 Å². The Morgan fingerprint density at radius 3 is 3.00 bits per heavy atom. The summed E-state index contributed by atoms with van der Waals surface area (Å²) in [5.41, 5.74) is 9.22. The molecule has 0 atom stereocenters. The van der Waals surface area contributed by atoms with Crippen molar-refractivity contribution >= 4 is 28.9 Å². The second-order valence-corrected chi connectivity index (χ2v) is 2.60. The van der Waals surface area contributed by atoms with Crippen LogP contribution in [0.1, 0.15) is 5.56 Å². The molecule has 0 radical (unpaired) electrons. The predicted octanol–water partition coefficient (Wildman–Crippen LogP) is 3.42. The van der Waals surface area contributed by atoms with E-state index in [2.05, 4.69) is 15.0 Å². The Morgan fingerprint density at radius 2 is 2.42 bits per heavy atom. The normalized spacial score (nSPS) is 9.17. The van der Waals surface area contributed by atoms with E-state index in [1.807, 2.05) is 0 Å². The fourth-order valence-corrected chi connectivity index (χ4v) is 0.957. The number of pyridine rings is 1. The lowest BCUT2D eigenvalue weighted by Crippen LogP contribution is -1.81. The molecule has 0 aliphatic rings. The molecule has 1 heterocycles. The highest BCUT2D eigenvalue weighted by Gasteiger charge is 1.99. The summed E-state index contributed by atoms with van der Waals surface area (Å²) in [7, 11) is 0. The monoisotopic (exact) mass is 202 g/mol. The van der Waals surface area contributed by atoms with Gasteiger partial charge in [-0.2, -0.15) is 0 Å². The molecular formula is C6H4Cl2N4. The first-order valence-corrected chi connectivity index (χ1v) is 3.94. The number of azide groups is 1. The van der Waals surface area contributed by atoms with Crippen LogP contribution in [-0.2, 0) is 5.88 Å². The first-order chi connectivity index (χ1) is 5.77. The molecule has 0 aliphatic carbocycles. The van der Waals surface area contributed by atoms with E-state index in [1.165, 1.54) is 6.20 Å². The third-order valence-corrected chi connectivity index (χ3v) is 1.78. The molecular weight excluding hydrogens is 199 g/mol. The van der Waals surface area contributed by atoms with Gasteiger partial charge in [-0.25, -0.2) is 4.98 Å². The fourth-order valence-electron chi connectivity index (χ4n) is 0.670. The Bertz CT molecular complexity index is 332. The minimum atomic E-state index is 0.182. The summed E-state index contributed by atoms with van der Waals surface area (Å²) in [5.74, 6) is 0.318. The van der Waals surface area contributed by atoms with Gasteiger partial charge in [0.25, 0.3) is 0 Å². The van der Waals surface area contributed by atoms with E-state index < -0.39 is 0 Å². The average molecular weight is 203 g/mol. The van der Waals surface area contributed by atoms with Crippen LogP contribution in [0.25, 0.3) is 10.4 Å². The standard InChI is InChI=1S/C6H4Cl2N4/c7-2-4-1-5(11-12-9)6(8)10-3-4/h1,3H,2H2. The Morgan fingerprint density at radius 1 is 1.67 bits per heavy atom. The van der Waals surface area contributed by atoms with Crippen LogP contribution in [0.5, 0.6) is 0 Å². The van der Waals surface area contributed by atoms with E-state index in [0.717, 1.165) is 5.56 Å². The molecule has 0 amide bonds. The lowest BCUT2D eigenvalue weighted by atomic mass is 10.3. The van der Waals surface area contributed by atoms with Crippen LogP contribution in [0.4, 0.5) is 5.69 Å². The summed E-state index contributed by atoms with van der Waals surface area (Å²) in [6, 6.07) is 1.60. The summed E-state index contributed by atoms with van der Waals surface area (Å²) in [6.07, 6.45) is 1.53. The zero-order valence-electron chi connectivity index (χ0n) is 5.91. The summed E-state index contributed by atoms with van der Waals surface area (Å²) >= 11 is 11.1. The van der Waals surface area contributed by atoms with E-state index in [4.69, 9.17) is 28.7 Å². The number of hydrogen-bond acceptors (Lipinski definition) is 2. The molecule has 0 saturated heterocycles. The molecule has 0 saturated carbocycles. The quantitative estimate of drug-likeness (QED) is 0.239. The molecule has 0 unspecified atom stereocenters. The molecule has 1 aromatic rings. The minimum absolute atomic E-state index is 0.182. The van der Waals surface area contributed by atoms with Crippen molar-refractivity contribution in [2.24, 2.45) is 5.11 Å². The number of aromatic nitrogens is 1. The van der Waals surface area contributed by atoms with E-state index in [9.17, 15) is 0 Å². The van der Waals surface area contributed by atoms with E-state index >= 15 is 0 Å². The molecule has 0 N–H and O–H groups in total. The van der Waals surface area contributed by atoms with Gasteiger partial charge >= 0.3 is 0 Å². The molecule has 12 heavy (non-hydrogen) atoms. The van der Waals surface area contributed by atoms with Crippen LogP contribution in [0.2, 0.25) is 5.15 Å². The van der Waals surface area contributed by atoms with Crippen molar-refractivity contribution in [3.05, 3.63) is 33.4 Å². The number of nitrogens with zero attached hydrogens (tertiary/aromatic N) is 4. The molecule has 4 nitrogen and oxygen atoms in total. The van der Waals surface area contributed by atoms with Gasteiger partial charge < -0.3 is 0 Å². The lowest BCUT2D eigenvalue weighted by Gasteiger charge is -1.97. The molecule has 0 aromatic carbocycles. The van der Waals surface area contributed by atoms with Gasteiger partial charge in [0.05, 0.1) is 5.69 Å². The molecule has 0 aliphatic heterocycles. The van der Waals surface area contributed by atoms with Gasteiger partial charge in [-0.05, 0) is 17.2 Å². The molecule has 0 spiro atoms. The van der Waals surface area contributed by atoms with Gasteiger partial charge in [0.15, 0.2) is 0 Å². The smallest absolute Gasteiger partial charge is 0.138 e. The van der Waals surface area contributed by atoms with Crippen molar-refractivity contribution in [1.82, 2.24) is 4.98 Å². The van der Waals surface area contributed by atoms with Gasteiger partial charge in [0.2, 0.25) is 0 Å². The molecule has 0 bridgehead atoms. The Labute approximate surface area is 78.8 Å². The number of halogens is 2. The third kappa shape index (κ3) is 2.01. The van der Waals surface area contributed by atoms with Gasteiger partial charge in [0, 0.05) is 17.0 Å². The zero-order chi connectivity index (χ0) is 8.97. The topological polar surface area (TPSA) is 61.7 Å². The van der Waals surface area contributed by atoms with Crippen molar-refractivity contribution in [3.8, 4) is 0 Å². The summed E-state index contributed by atoms with van der Waals surface area (Å²) < 4.78 is 0. The second-order valence-electron chi connectivity index (χ2n) is 1.98. The maximum atomic E-state index is 8.15. The van der Waals surface area contributed by atoms with Crippen molar-refractivity contribution < 1.29 is 0 Å². The number of rotatable bonds is 2.